The molecule has 1 aromatic carbocycles. The maximum atomic E-state index is 12.2. The van der Waals surface area contributed by atoms with Crippen LogP contribution in [0.3, 0.4) is 0 Å². The minimum Gasteiger partial charge on any atom is -0.384 e. The second-order valence-corrected chi connectivity index (χ2v) is 6.41. The lowest BCUT2D eigenvalue weighted by Crippen LogP contribution is -2.43. The Hall–Kier alpha value is -1.52. The summed E-state index contributed by atoms with van der Waals surface area (Å²) in [6.45, 7) is 5.52. The van der Waals surface area contributed by atoms with Gasteiger partial charge in [-0.25, -0.2) is 0 Å². The van der Waals surface area contributed by atoms with Crippen LogP contribution in [0.5, 0.6) is 0 Å². The third-order valence-electron chi connectivity index (χ3n) is 3.83. The van der Waals surface area contributed by atoms with Gasteiger partial charge in [0.15, 0.2) is 5.78 Å². The molecule has 1 rings (SSSR count). The van der Waals surface area contributed by atoms with E-state index >= 15 is 0 Å². The Balaban J connectivity index is 2.61. The molecule has 0 aromatic heterocycles. The van der Waals surface area contributed by atoms with Crippen molar-refractivity contribution in [1.29, 1.82) is 0 Å². The number of benzene rings is 1. The van der Waals surface area contributed by atoms with E-state index in [0.717, 1.165) is 5.56 Å². The molecule has 0 bridgehead atoms. The summed E-state index contributed by atoms with van der Waals surface area (Å²) in [5.74, 6) is -0.349. The highest BCUT2D eigenvalue weighted by Gasteiger charge is 2.27. The predicted molar refractivity (Wildman–Crippen MR) is 87.4 cm³/mol. The fraction of sp³-hybridized carbons (Fsp3) is 0.556. The van der Waals surface area contributed by atoms with E-state index in [-0.39, 0.29) is 23.9 Å². The molecule has 0 aliphatic rings. The monoisotopic (exact) mass is 305 g/mol. The predicted octanol–water partition coefficient (Wildman–Crippen LogP) is 2.13. The number of carbonyl (C=O) groups excluding carboxylic acids is 2. The third-order valence-corrected chi connectivity index (χ3v) is 3.83. The van der Waals surface area contributed by atoms with Crippen molar-refractivity contribution in [3.63, 3.8) is 0 Å². The number of rotatable bonds is 9. The minimum atomic E-state index is -1.23. The van der Waals surface area contributed by atoms with E-state index in [9.17, 15) is 14.7 Å². The third kappa shape index (κ3) is 6.08. The zero-order chi connectivity index (χ0) is 16.7. The zero-order valence-corrected chi connectivity index (χ0v) is 13.7. The second kappa shape index (κ2) is 8.81. The molecule has 0 aliphatic carbocycles. The summed E-state index contributed by atoms with van der Waals surface area (Å²) in [7, 11) is 0. The standard InChI is InChI=1S/C18H27NO3/c1-12(2)9-15(13(3)20)11-17(21)18(22)16(19)10-14-7-5-4-6-8-14/h4-8,12,15-16,18,22H,9-11,19H2,1-3H3/t15-,16-,18+/m1/s1. The maximum Gasteiger partial charge on any atom is 0.163 e. The van der Waals surface area contributed by atoms with Crippen molar-refractivity contribution < 1.29 is 14.7 Å². The van der Waals surface area contributed by atoms with Crippen molar-refractivity contribution in [3.8, 4) is 0 Å². The van der Waals surface area contributed by atoms with Crippen molar-refractivity contribution in [1.82, 2.24) is 0 Å². The Morgan fingerprint density at radius 2 is 1.77 bits per heavy atom. The molecule has 0 amide bonds. The maximum absolute atomic E-state index is 12.2. The zero-order valence-electron chi connectivity index (χ0n) is 13.7. The number of carbonyl (C=O) groups is 2. The highest BCUT2D eigenvalue weighted by atomic mass is 16.3. The van der Waals surface area contributed by atoms with Crippen molar-refractivity contribution >= 4 is 11.6 Å². The van der Waals surface area contributed by atoms with Crippen LogP contribution in [0.25, 0.3) is 0 Å². The summed E-state index contributed by atoms with van der Waals surface area (Å²) < 4.78 is 0. The summed E-state index contributed by atoms with van der Waals surface area (Å²) in [5, 5.41) is 10.1. The first kappa shape index (κ1) is 18.5. The van der Waals surface area contributed by atoms with Crippen molar-refractivity contribution in [3.05, 3.63) is 35.9 Å². The van der Waals surface area contributed by atoms with Gasteiger partial charge in [0.1, 0.15) is 11.9 Å². The lowest BCUT2D eigenvalue weighted by atomic mass is 9.87. The highest BCUT2D eigenvalue weighted by Crippen LogP contribution is 2.18. The van der Waals surface area contributed by atoms with Gasteiger partial charge in [-0.15, -0.1) is 0 Å². The van der Waals surface area contributed by atoms with Crippen LogP contribution >= 0.6 is 0 Å². The fourth-order valence-electron chi connectivity index (χ4n) is 2.56. The van der Waals surface area contributed by atoms with E-state index in [1.165, 1.54) is 6.92 Å². The average Bonchev–Trinajstić information content (AvgIpc) is 2.46. The Morgan fingerprint density at radius 3 is 2.27 bits per heavy atom. The van der Waals surface area contributed by atoms with Gasteiger partial charge < -0.3 is 10.8 Å². The number of ketones is 2. The molecule has 3 N–H and O–H groups in total. The summed E-state index contributed by atoms with van der Waals surface area (Å²) in [6.07, 6.45) is -0.0733. The van der Waals surface area contributed by atoms with Gasteiger partial charge in [-0.05, 0) is 31.2 Å². The Kier molecular flexibility index (Phi) is 7.42. The van der Waals surface area contributed by atoms with Crippen LogP contribution in [0.2, 0.25) is 0 Å². The van der Waals surface area contributed by atoms with Gasteiger partial charge >= 0.3 is 0 Å². The van der Waals surface area contributed by atoms with Crippen LogP contribution < -0.4 is 5.73 Å². The number of aliphatic hydroxyl groups is 1. The van der Waals surface area contributed by atoms with E-state index in [1.54, 1.807) is 0 Å². The Labute approximate surface area is 132 Å². The van der Waals surface area contributed by atoms with Gasteiger partial charge in [0.05, 0.1) is 0 Å². The van der Waals surface area contributed by atoms with Crippen LogP contribution in [0.4, 0.5) is 0 Å². The van der Waals surface area contributed by atoms with Crippen molar-refractivity contribution in [2.75, 3.05) is 0 Å². The molecular weight excluding hydrogens is 278 g/mol. The molecule has 22 heavy (non-hydrogen) atoms. The Bertz CT molecular complexity index is 484. The second-order valence-electron chi connectivity index (χ2n) is 6.41. The quantitative estimate of drug-likeness (QED) is 0.732. The molecule has 0 radical (unpaired) electrons. The largest absolute Gasteiger partial charge is 0.384 e. The molecule has 3 atom stereocenters. The first-order valence-corrected chi connectivity index (χ1v) is 7.82. The van der Waals surface area contributed by atoms with Crippen molar-refractivity contribution in [2.45, 2.75) is 52.2 Å². The molecule has 0 fully saturated rings. The SMILES string of the molecule is CC(=O)[C@@H](CC(=O)[C@@H](O)[C@H](N)Cc1ccccc1)CC(C)C. The Morgan fingerprint density at radius 1 is 1.18 bits per heavy atom. The molecule has 0 saturated heterocycles. The van der Waals surface area contributed by atoms with Gasteiger partial charge in [-0.3, -0.25) is 9.59 Å². The normalized spacial score (nSPS) is 15.4. The summed E-state index contributed by atoms with van der Waals surface area (Å²) in [4.78, 5) is 23.8. The molecule has 0 saturated carbocycles. The molecule has 122 valence electrons. The number of hydrogen-bond donors (Lipinski definition) is 2. The first-order chi connectivity index (χ1) is 10.3. The van der Waals surface area contributed by atoms with E-state index in [4.69, 9.17) is 5.73 Å². The summed E-state index contributed by atoms with van der Waals surface area (Å²) in [6, 6.07) is 8.86. The first-order valence-electron chi connectivity index (χ1n) is 7.82. The van der Waals surface area contributed by atoms with Gasteiger partial charge in [-0.2, -0.15) is 0 Å². The van der Waals surface area contributed by atoms with Crippen LogP contribution in [-0.4, -0.2) is 28.8 Å². The molecule has 0 unspecified atom stereocenters. The topological polar surface area (TPSA) is 80.4 Å². The summed E-state index contributed by atoms with van der Waals surface area (Å²) >= 11 is 0. The lowest BCUT2D eigenvalue weighted by Gasteiger charge is -2.21. The van der Waals surface area contributed by atoms with E-state index in [0.29, 0.717) is 18.8 Å². The molecular formula is C18H27NO3. The smallest absolute Gasteiger partial charge is 0.163 e. The number of nitrogens with two attached hydrogens (primary N) is 1. The van der Waals surface area contributed by atoms with Crippen LogP contribution in [-0.2, 0) is 16.0 Å². The van der Waals surface area contributed by atoms with E-state index in [2.05, 4.69) is 0 Å². The number of hydrogen-bond acceptors (Lipinski definition) is 4. The minimum absolute atomic E-state index is 0.00844. The summed E-state index contributed by atoms with van der Waals surface area (Å²) in [5.41, 5.74) is 6.93. The van der Waals surface area contributed by atoms with E-state index in [1.807, 2.05) is 44.2 Å². The number of Topliss-reactive ketones (excluding diaryl/α,β-unsaturated/α-hetero) is 2. The molecule has 1 aromatic rings. The lowest BCUT2D eigenvalue weighted by molar-refractivity contribution is -0.132. The number of aliphatic hydroxyl groups excluding tert-OH is 1. The van der Waals surface area contributed by atoms with E-state index < -0.39 is 12.1 Å². The van der Waals surface area contributed by atoms with Gasteiger partial charge in [0.25, 0.3) is 0 Å². The van der Waals surface area contributed by atoms with Crippen LogP contribution in [0.1, 0.15) is 39.2 Å². The molecule has 0 heterocycles. The highest BCUT2D eigenvalue weighted by molar-refractivity contribution is 5.89. The molecule has 4 nitrogen and oxygen atoms in total. The van der Waals surface area contributed by atoms with Gasteiger partial charge in [0.2, 0.25) is 0 Å². The van der Waals surface area contributed by atoms with Crippen molar-refractivity contribution in [2.24, 2.45) is 17.6 Å². The van der Waals surface area contributed by atoms with Gasteiger partial charge in [-0.1, -0.05) is 44.2 Å². The fourth-order valence-corrected chi connectivity index (χ4v) is 2.56. The molecule has 4 heteroatoms. The van der Waals surface area contributed by atoms with Crippen LogP contribution in [0, 0.1) is 11.8 Å². The van der Waals surface area contributed by atoms with Crippen LogP contribution in [0.15, 0.2) is 30.3 Å². The van der Waals surface area contributed by atoms with Gasteiger partial charge in [0, 0.05) is 18.4 Å². The average molecular weight is 305 g/mol. The molecule has 0 aliphatic heterocycles. The molecule has 0 spiro atoms.